The SMILES string of the molecule is CCCCOc1ccc(C(=O)O[C@@H](C)c2nc3ccccc3c(=O)[nH]2)cc1OCC. The van der Waals surface area contributed by atoms with Gasteiger partial charge in [0.1, 0.15) is 0 Å². The lowest BCUT2D eigenvalue weighted by atomic mass is 10.2. The number of nitrogens with zero attached hydrogens (tertiary/aromatic N) is 1. The molecule has 0 fully saturated rings. The number of carbonyl (C=O) groups excluding carboxylic acids is 1. The number of H-pyrrole nitrogens is 1. The van der Waals surface area contributed by atoms with E-state index in [1.54, 1.807) is 49.4 Å². The molecule has 0 aliphatic rings. The van der Waals surface area contributed by atoms with Gasteiger partial charge in [-0.15, -0.1) is 0 Å². The van der Waals surface area contributed by atoms with Crippen molar-refractivity contribution in [1.82, 2.24) is 9.97 Å². The van der Waals surface area contributed by atoms with Gasteiger partial charge in [-0.1, -0.05) is 25.5 Å². The molecule has 158 valence electrons. The summed E-state index contributed by atoms with van der Waals surface area (Å²) >= 11 is 0. The molecule has 7 heteroatoms. The van der Waals surface area contributed by atoms with Gasteiger partial charge in [0.15, 0.2) is 23.4 Å². The van der Waals surface area contributed by atoms with Gasteiger partial charge in [-0.2, -0.15) is 0 Å². The number of esters is 1. The Morgan fingerprint density at radius 3 is 2.67 bits per heavy atom. The van der Waals surface area contributed by atoms with E-state index in [0.717, 1.165) is 12.8 Å². The third-order valence-electron chi connectivity index (χ3n) is 4.53. The lowest BCUT2D eigenvalue weighted by Gasteiger charge is -2.15. The molecule has 0 radical (unpaired) electrons. The highest BCUT2D eigenvalue weighted by atomic mass is 16.5. The molecular formula is C23H26N2O5. The van der Waals surface area contributed by atoms with Crippen molar-refractivity contribution in [1.29, 1.82) is 0 Å². The van der Waals surface area contributed by atoms with Crippen LogP contribution in [0.2, 0.25) is 0 Å². The minimum atomic E-state index is -0.731. The highest BCUT2D eigenvalue weighted by Gasteiger charge is 2.19. The smallest absolute Gasteiger partial charge is 0.338 e. The number of para-hydroxylation sites is 1. The Morgan fingerprint density at radius 1 is 1.10 bits per heavy atom. The van der Waals surface area contributed by atoms with E-state index in [0.29, 0.717) is 41.2 Å². The first kappa shape index (κ1) is 21.4. The van der Waals surface area contributed by atoms with Gasteiger partial charge in [0.2, 0.25) is 0 Å². The molecule has 0 spiro atoms. The Labute approximate surface area is 175 Å². The van der Waals surface area contributed by atoms with E-state index in [1.165, 1.54) is 0 Å². The molecule has 3 aromatic rings. The molecule has 0 bridgehead atoms. The van der Waals surface area contributed by atoms with Crippen LogP contribution in [0.25, 0.3) is 10.9 Å². The zero-order valence-corrected chi connectivity index (χ0v) is 17.4. The van der Waals surface area contributed by atoms with Crippen molar-refractivity contribution in [2.75, 3.05) is 13.2 Å². The van der Waals surface area contributed by atoms with Gasteiger partial charge >= 0.3 is 5.97 Å². The van der Waals surface area contributed by atoms with Gasteiger partial charge in [-0.25, -0.2) is 9.78 Å². The Hall–Kier alpha value is -3.35. The lowest BCUT2D eigenvalue weighted by Crippen LogP contribution is -2.17. The van der Waals surface area contributed by atoms with Crippen molar-refractivity contribution in [2.24, 2.45) is 0 Å². The molecule has 1 N–H and O–H groups in total. The van der Waals surface area contributed by atoms with Crippen LogP contribution in [-0.2, 0) is 4.74 Å². The molecule has 0 aliphatic heterocycles. The van der Waals surface area contributed by atoms with E-state index in [1.807, 2.05) is 6.92 Å². The molecule has 0 amide bonds. The standard InChI is InChI=1S/C23H26N2O5/c1-4-6-13-29-19-12-11-16(14-20(19)28-5-2)23(27)30-15(3)21-24-18-10-8-7-9-17(18)22(26)25-21/h7-12,14-15H,4-6,13H2,1-3H3,(H,24,25,26)/t15-/m0/s1. The number of benzene rings is 2. The van der Waals surface area contributed by atoms with Crippen molar-refractivity contribution in [3.63, 3.8) is 0 Å². The molecule has 1 heterocycles. The van der Waals surface area contributed by atoms with E-state index in [9.17, 15) is 9.59 Å². The van der Waals surface area contributed by atoms with Crippen molar-refractivity contribution >= 4 is 16.9 Å². The monoisotopic (exact) mass is 410 g/mol. The normalized spacial score (nSPS) is 11.8. The lowest BCUT2D eigenvalue weighted by molar-refractivity contribution is 0.0319. The first-order valence-corrected chi connectivity index (χ1v) is 10.1. The maximum Gasteiger partial charge on any atom is 0.338 e. The van der Waals surface area contributed by atoms with Crippen molar-refractivity contribution in [3.8, 4) is 11.5 Å². The molecule has 2 aromatic carbocycles. The van der Waals surface area contributed by atoms with Crippen LogP contribution in [0.15, 0.2) is 47.3 Å². The van der Waals surface area contributed by atoms with Crippen LogP contribution in [0.4, 0.5) is 0 Å². The predicted molar refractivity (Wildman–Crippen MR) is 114 cm³/mol. The van der Waals surface area contributed by atoms with Crippen molar-refractivity contribution in [3.05, 3.63) is 64.2 Å². The molecule has 3 rings (SSSR count). The molecule has 0 unspecified atom stereocenters. The Morgan fingerprint density at radius 2 is 1.90 bits per heavy atom. The largest absolute Gasteiger partial charge is 0.490 e. The molecular weight excluding hydrogens is 384 g/mol. The Balaban J connectivity index is 1.77. The number of hydrogen-bond donors (Lipinski definition) is 1. The third kappa shape index (κ3) is 4.97. The van der Waals surface area contributed by atoms with Crippen LogP contribution in [0, 0.1) is 0 Å². The fourth-order valence-electron chi connectivity index (χ4n) is 2.93. The van der Waals surface area contributed by atoms with Crippen LogP contribution < -0.4 is 15.0 Å². The number of aromatic amines is 1. The van der Waals surface area contributed by atoms with E-state index in [4.69, 9.17) is 14.2 Å². The third-order valence-corrected chi connectivity index (χ3v) is 4.53. The molecule has 7 nitrogen and oxygen atoms in total. The number of nitrogens with one attached hydrogen (secondary N) is 1. The Bertz CT molecular complexity index is 1080. The van der Waals surface area contributed by atoms with Gasteiger partial charge in [0.05, 0.1) is 29.7 Å². The summed E-state index contributed by atoms with van der Waals surface area (Å²) in [5, 5.41) is 0.486. The van der Waals surface area contributed by atoms with Gasteiger partial charge in [0, 0.05) is 0 Å². The highest BCUT2D eigenvalue weighted by molar-refractivity contribution is 5.90. The second-order valence-electron chi connectivity index (χ2n) is 6.81. The first-order valence-electron chi connectivity index (χ1n) is 10.1. The van der Waals surface area contributed by atoms with Crippen LogP contribution in [-0.4, -0.2) is 29.2 Å². The summed E-state index contributed by atoms with van der Waals surface area (Å²) in [7, 11) is 0. The fraction of sp³-hybridized carbons (Fsp3) is 0.348. The van der Waals surface area contributed by atoms with E-state index < -0.39 is 12.1 Å². The van der Waals surface area contributed by atoms with Crippen LogP contribution in [0.5, 0.6) is 11.5 Å². The van der Waals surface area contributed by atoms with Gasteiger partial charge in [-0.3, -0.25) is 4.79 Å². The number of aromatic nitrogens is 2. The summed E-state index contributed by atoms with van der Waals surface area (Å²) in [4.78, 5) is 32.0. The van der Waals surface area contributed by atoms with Crippen molar-refractivity contribution < 1.29 is 19.0 Å². The second kappa shape index (κ2) is 9.91. The number of unbranched alkanes of at least 4 members (excludes halogenated alkanes) is 1. The van der Waals surface area contributed by atoms with Crippen LogP contribution in [0.1, 0.15) is 55.9 Å². The molecule has 30 heavy (non-hydrogen) atoms. The number of carbonyl (C=O) groups is 1. The molecule has 1 aromatic heterocycles. The topological polar surface area (TPSA) is 90.5 Å². The minimum Gasteiger partial charge on any atom is -0.490 e. The summed E-state index contributed by atoms with van der Waals surface area (Å²) in [6.07, 6.45) is 1.23. The first-order chi connectivity index (χ1) is 14.5. The van der Waals surface area contributed by atoms with E-state index in [-0.39, 0.29) is 11.4 Å². The maximum absolute atomic E-state index is 12.7. The second-order valence-corrected chi connectivity index (χ2v) is 6.81. The summed E-state index contributed by atoms with van der Waals surface area (Å²) in [5.74, 6) is 0.833. The number of rotatable bonds is 9. The maximum atomic E-state index is 12.7. The van der Waals surface area contributed by atoms with Gasteiger partial charge in [0.25, 0.3) is 5.56 Å². The minimum absolute atomic E-state index is 0.272. The van der Waals surface area contributed by atoms with E-state index >= 15 is 0 Å². The highest BCUT2D eigenvalue weighted by Crippen LogP contribution is 2.29. The molecule has 0 aliphatic carbocycles. The quantitative estimate of drug-likeness (QED) is 0.415. The average Bonchev–Trinajstić information content (AvgIpc) is 2.75. The van der Waals surface area contributed by atoms with Gasteiger partial charge < -0.3 is 19.2 Å². The van der Waals surface area contributed by atoms with Crippen molar-refractivity contribution in [2.45, 2.75) is 39.7 Å². The predicted octanol–water partition coefficient (Wildman–Crippen LogP) is 4.42. The molecule has 1 atom stereocenters. The number of fused-ring (bicyclic) bond motifs is 1. The molecule has 0 saturated heterocycles. The van der Waals surface area contributed by atoms with E-state index in [2.05, 4.69) is 16.9 Å². The zero-order chi connectivity index (χ0) is 21.5. The summed E-state index contributed by atoms with van der Waals surface area (Å²) in [5.41, 5.74) is 0.605. The summed E-state index contributed by atoms with van der Waals surface area (Å²) in [6, 6.07) is 12.0. The molecule has 0 saturated carbocycles. The van der Waals surface area contributed by atoms with Crippen LogP contribution >= 0.6 is 0 Å². The summed E-state index contributed by atoms with van der Waals surface area (Å²) in [6.45, 7) is 6.64. The number of ether oxygens (including phenoxy) is 3. The van der Waals surface area contributed by atoms with Gasteiger partial charge in [-0.05, 0) is 50.6 Å². The zero-order valence-electron chi connectivity index (χ0n) is 17.4. The van der Waals surface area contributed by atoms with Crippen LogP contribution in [0.3, 0.4) is 0 Å². The summed E-state index contributed by atoms with van der Waals surface area (Å²) < 4.78 is 16.9. The fourth-order valence-corrected chi connectivity index (χ4v) is 2.93. The number of hydrogen-bond acceptors (Lipinski definition) is 6. The Kier molecular flexibility index (Phi) is 7.06. The average molecular weight is 410 g/mol.